The Kier molecular flexibility index (Phi) is 7.60. The van der Waals surface area contributed by atoms with Crippen molar-refractivity contribution in [3.8, 4) is 6.07 Å². The minimum atomic E-state index is -0.507. The fourth-order valence-electron chi connectivity index (χ4n) is 4.96. The first-order valence-electron chi connectivity index (χ1n) is 12.0. The molecule has 5 rings (SSSR count). The number of ketones is 1. The van der Waals surface area contributed by atoms with Crippen molar-refractivity contribution in [3.63, 3.8) is 0 Å². The summed E-state index contributed by atoms with van der Waals surface area (Å²) in [5.74, 6) is 0.483. The van der Waals surface area contributed by atoms with Crippen LogP contribution in [-0.4, -0.2) is 22.2 Å². The lowest BCUT2D eigenvalue weighted by Crippen LogP contribution is -2.42. The van der Waals surface area contributed by atoms with Gasteiger partial charge in [-0.25, -0.2) is 0 Å². The van der Waals surface area contributed by atoms with E-state index in [2.05, 4.69) is 30.1 Å². The lowest BCUT2D eigenvalue weighted by Gasteiger charge is -2.42. The Morgan fingerprint density at radius 1 is 1.18 bits per heavy atom. The van der Waals surface area contributed by atoms with Gasteiger partial charge in [-0.05, 0) is 47.4 Å². The van der Waals surface area contributed by atoms with Gasteiger partial charge in [0.25, 0.3) is 0 Å². The standard InChI is InChI=1S/C28H26ClN5OS3/c1-28(2)12-21-24(22(35)13-28)23(16-8-10-18(36-3)11-9-16)19(14-30)25(31)34(21)26-32-33-27(38-26)37-15-17-6-4-5-7-20(17)29/h4-11,23H,12-13,15,31H2,1-3H3/t23-/m0/s1. The van der Waals surface area contributed by atoms with Crippen LogP contribution in [0, 0.1) is 16.7 Å². The fraction of sp³-hybridized carbons (Fsp3) is 0.286. The van der Waals surface area contributed by atoms with Gasteiger partial charge in [0.05, 0.1) is 17.6 Å². The van der Waals surface area contributed by atoms with E-state index in [1.165, 1.54) is 23.1 Å². The van der Waals surface area contributed by atoms with E-state index in [0.717, 1.165) is 26.1 Å². The Balaban J connectivity index is 1.56. The predicted octanol–water partition coefficient (Wildman–Crippen LogP) is 7.15. The molecule has 2 aromatic carbocycles. The van der Waals surface area contributed by atoms with Crippen molar-refractivity contribution in [3.05, 3.63) is 87.3 Å². The molecule has 1 aliphatic carbocycles. The van der Waals surface area contributed by atoms with Crippen molar-refractivity contribution in [1.29, 1.82) is 5.26 Å². The van der Waals surface area contributed by atoms with Crippen LogP contribution in [0.1, 0.15) is 43.7 Å². The molecule has 1 atom stereocenters. The number of nitrogens with zero attached hydrogens (tertiary/aromatic N) is 4. The SMILES string of the molecule is CSc1ccc([C@H]2C(C#N)=C(N)N(c3nnc(SCc4ccccc4Cl)s3)C3=C2C(=O)CC(C)(C)C3)cc1. The Bertz CT molecular complexity index is 1500. The van der Waals surface area contributed by atoms with Gasteiger partial charge >= 0.3 is 0 Å². The fourth-order valence-corrected chi connectivity index (χ4v) is 7.54. The van der Waals surface area contributed by atoms with Crippen molar-refractivity contribution in [2.75, 3.05) is 11.2 Å². The lowest BCUT2D eigenvalue weighted by atomic mass is 9.69. The molecule has 6 nitrogen and oxygen atoms in total. The molecule has 0 saturated carbocycles. The van der Waals surface area contributed by atoms with Gasteiger partial charge in [0.1, 0.15) is 5.82 Å². The number of allylic oxidation sites excluding steroid dienone is 3. The molecule has 38 heavy (non-hydrogen) atoms. The molecule has 0 radical (unpaired) electrons. The average Bonchev–Trinajstić information content (AvgIpc) is 3.35. The average molecular weight is 580 g/mol. The van der Waals surface area contributed by atoms with Crippen molar-refractivity contribution in [2.24, 2.45) is 11.1 Å². The molecule has 2 aliphatic rings. The highest BCUT2D eigenvalue weighted by Crippen LogP contribution is 2.51. The van der Waals surface area contributed by atoms with Gasteiger partial charge in [-0.2, -0.15) is 5.26 Å². The summed E-state index contributed by atoms with van der Waals surface area (Å²) in [5, 5.41) is 20.4. The van der Waals surface area contributed by atoms with Gasteiger partial charge in [0.2, 0.25) is 5.13 Å². The third-order valence-corrected chi connectivity index (χ3v) is 9.93. The van der Waals surface area contributed by atoms with Crippen LogP contribution in [0.3, 0.4) is 0 Å². The van der Waals surface area contributed by atoms with E-state index < -0.39 is 5.92 Å². The van der Waals surface area contributed by atoms with Crippen LogP contribution in [0.4, 0.5) is 5.13 Å². The summed E-state index contributed by atoms with van der Waals surface area (Å²) in [6.45, 7) is 4.17. The van der Waals surface area contributed by atoms with E-state index in [4.69, 9.17) is 17.3 Å². The number of nitrogens with two attached hydrogens (primary N) is 1. The Labute approximate surface area is 240 Å². The Morgan fingerprint density at radius 2 is 1.92 bits per heavy atom. The summed E-state index contributed by atoms with van der Waals surface area (Å²) >= 11 is 10.9. The van der Waals surface area contributed by atoms with E-state index in [9.17, 15) is 10.1 Å². The molecule has 1 aliphatic heterocycles. The number of hydrogen-bond donors (Lipinski definition) is 1. The minimum absolute atomic E-state index is 0.0401. The second-order valence-electron chi connectivity index (χ2n) is 9.98. The summed E-state index contributed by atoms with van der Waals surface area (Å²) in [7, 11) is 0. The van der Waals surface area contributed by atoms with Gasteiger partial charge < -0.3 is 5.73 Å². The lowest BCUT2D eigenvalue weighted by molar-refractivity contribution is -0.118. The number of carbonyl (C=O) groups is 1. The molecule has 1 aromatic heterocycles. The highest BCUT2D eigenvalue weighted by molar-refractivity contribution is 8.00. The maximum Gasteiger partial charge on any atom is 0.219 e. The van der Waals surface area contributed by atoms with Gasteiger partial charge in [-0.3, -0.25) is 9.69 Å². The third kappa shape index (κ3) is 5.10. The smallest absolute Gasteiger partial charge is 0.219 e. The number of Topliss-reactive ketones (excluding diaryl/α,β-unsaturated/α-hetero) is 1. The molecule has 0 bridgehead atoms. The van der Waals surface area contributed by atoms with Gasteiger partial charge in [-0.1, -0.05) is 78.9 Å². The highest BCUT2D eigenvalue weighted by atomic mass is 35.5. The topological polar surface area (TPSA) is 95.9 Å². The molecule has 0 fully saturated rings. The van der Waals surface area contributed by atoms with E-state index in [1.807, 2.05) is 54.8 Å². The van der Waals surface area contributed by atoms with Crippen LogP contribution in [0.5, 0.6) is 0 Å². The first-order valence-corrected chi connectivity index (χ1v) is 15.4. The van der Waals surface area contributed by atoms with Crippen molar-refractivity contribution >= 4 is 57.4 Å². The van der Waals surface area contributed by atoms with Crippen LogP contribution < -0.4 is 10.6 Å². The Morgan fingerprint density at radius 3 is 2.61 bits per heavy atom. The number of benzene rings is 2. The van der Waals surface area contributed by atoms with E-state index in [-0.39, 0.29) is 11.2 Å². The minimum Gasteiger partial charge on any atom is -0.384 e. The zero-order chi connectivity index (χ0) is 27.0. The monoisotopic (exact) mass is 579 g/mol. The van der Waals surface area contributed by atoms with E-state index >= 15 is 0 Å². The van der Waals surface area contributed by atoms with Crippen LogP contribution in [0.25, 0.3) is 0 Å². The third-order valence-electron chi connectivity index (χ3n) is 6.73. The molecular formula is C28H26ClN5OS3. The summed E-state index contributed by atoms with van der Waals surface area (Å²) < 4.78 is 0.754. The van der Waals surface area contributed by atoms with E-state index in [1.54, 1.807) is 16.7 Å². The van der Waals surface area contributed by atoms with Gasteiger partial charge in [0, 0.05) is 33.4 Å². The van der Waals surface area contributed by atoms with Crippen molar-refractivity contribution in [1.82, 2.24) is 10.2 Å². The number of nitriles is 1. The molecule has 3 aromatic rings. The number of thioether (sulfide) groups is 2. The molecule has 0 amide bonds. The molecule has 0 spiro atoms. The second kappa shape index (κ2) is 10.8. The molecule has 0 saturated heterocycles. The van der Waals surface area contributed by atoms with Crippen LogP contribution in [0.2, 0.25) is 5.02 Å². The summed E-state index contributed by atoms with van der Waals surface area (Å²) in [6.07, 6.45) is 3.06. The largest absolute Gasteiger partial charge is 0.384 e. The molecule has 10 heteroatoms. The van der Waals surface area contributed by atoms with Crippen LogP contribution in [0.15, 0.2) is 80.4 Å². The first-order chi connectivity index (χ1) is 18.2. The van der Waals surface area contributed by atoms with Gasteiger partial charge in [-0.15, -0.1) is 22.0 Å². The maximum absolute atomic E-state index is 13.7. The number of halogens is 1. The number of anilines is 1. The number of rotatable bonds is 6. The van der Waals surface area contributed by atoms with Gasteiger partial charge in [0.15, 0.2) is 10.1 Å². The quantitative estimate of drug-likeness (QED) is 0.308. The molecule has 0 unspecified atom stereocenters. The summed E-state index contributed by atoms with van der Waals surface area (Å²) in [6, 6.07) is 18.0. The highest BCUT2D eigenvalue weighted by Gasteiger charge is 2.45. The zero-order valence-electron chi connectivity index (χ0n) is 21.2. The van der Waals surface area contributed by atoms with Crippen molar-refractivity contribution in [2.45, 2.75) is 47.6 Å². The maximum atomic E-state index is 13.7. The molecule has 2 heterocycles. The van der Waals surface area contributed by atoms with Crippen LogP contribution >= 0.6 is 46.5 Å². The number of hydrogen-bond acceptors (Lipinski definition) is 9. The zero-order valence-corrected chi connectivity index (χ0v) is 24.4. The number of aromatic nitrogens is 2. The number of carbonyl (C=O) groups excluding carboxylic acids is 1. The van der Waals surface area contributed by atoms with Crippen molar-refractivity contribution < 1.29 is 4.79 Å². The normalized spacial score (nSPS) is 19.0. The summed E-state index contributed by atoms with van der Waals surface area (Å²) in [4.78, 5) is 16.6. The molecule has 2 N–H and O–H groups in total. The second-order valence-corrected chi connectivity index (χ2v) is 13.4. The van der Waals surface area contributed by atoms with Crippen LogP contribution in [-0.2, 0) is 10.5 Å². The van der Waals surface area contributed by atoms with E-state index in [0.29, 0.717) is 45.7 Å². The predicted molar refractivity (Wildman–Crippen MR) is 156 cm³/mol. The molecular weight excluding hydrogens is 554 g/mol. The first kappa shape index (κ1) is 26.8. The Hall–Kier alpha value is -2.77. The molecule has 194 valence electrons. The summed E-state index contributed by atoms with van der Waals surface area (Å²) in [5.41, 5.74) is 10.2.